The lowest BCUT2D eigenvalue weighted by Crippen LogP contribution is -2.41. The maximum atomic E-state index is 11.9. The molecule has 0 heterocycles. The first-order valence-electron chi connectivity index (χ1n) is 5.78. The second-order valence-electron chi connectivity index (χ2n) is 4.07. The molecule has 0 radical (unpaired) electrons. The molecule has 0 aromatic heterocycles. The average Bonchev–Trinajstić information content (AvgIpc) is 2.44. The molecule has 0 aliphatic carbocycles. The van der Waals surface area contributed by atoms with Gasteiger partial charge in [0.05, 0.1) is 0 Å². The molecule has 2 rings (SSSR count). The fraction of sp³-hybridized carbons (Fsp3) is 0. The number of hydrogen-bond donors (Lipinski definition) is 2. The number of nitrogens with one attached hydrogen (secondary N) is 2. The maximum Gasteiger partial charge on any atom is 0.269 e. The van der Waals surface area contributed by atoms with Crippen molar-refractivity contribution in [2.45, 2.75) is 0 Å². The molecular weight excluding hydrogens is 335 g/mol. The zero-order valence-electron chi connectivity index (χ0n) is 10.5. The van der Waals surface area contributed by atoms with Gasteiger partial charge in [-0.1, -0.05) is 34.8 Å². The average molecular weight is 344 g/mol. The molecule has 0 aliphatic heterocycles. The Hall–Kier alpha value is -1.75. The number of hydrazine groups is 1. The van der Waals surface area contributed by atoms with Crippen LogP contribution < -0.4 is 10.9 Å². The molecule has 0 fully saturated rings. The van der Waals surface area contributed by atoms with E-state index in [-0.39, 0.29) is 5.56 Å². The van der Waals surface area contributed by atoms with E-state index in [1.807, 2.05) is 0 Å². The summed E-state index contributed by atoms with van der Waals surface area (Å²) >= 11 is 17.3. The minimum Gasteiger partial charge on any atom is -0.267 e. The molecule has 2 aromatic rings. The van der Waals surface area contributed by atoms with E-state index >= 15 is 0 Å². The lowest BCUT2D eigenvalue weighted by Gasteiger charge is -2.08. The largest absolute Gasteiger partial charge is 0.269 e. The van der Waals surface area contributed by atoms with E-state index < -0.39 is 11.8 Å². The Morgan fingerprint density at radius 3 is 1.67 bits per heavy atom. The summed E-state index contributed by atoms with van der Waals surface area (Å²) < 4.78 is 0. The van der Waals surface area contributed by atoms with E-state index in [0.717, 1.165) is 0 Å². The third-order valence-electron chi connectivity index (χ3n) is 2.52. The summed E-state index contributed by atoms with van der Waals surface area (Å²) in [5, 5.41) is 1.18. The van der Waals surface area contributed by atoms with Gasteiger partial charge < -0.3 is 0 Å². The van der Waals surface area contributed by atoms with Crippen LogP contribution in [-0.2, 0) is 0 Å². The quantitative estimate of drug-likeness (QED) is 0.817. The van der Waals surface area contributed by atoms with Crippen LogP contribution >= 0.6 is 34.8 Å². The zero-order chi connectivity index (χ0) is 15.4. The molecule has 2 amide bonds. The SMILES string of the molecule is O=C(NNC(=O)c1cc(Cl)cc(Cl)c1)c1ccc(Cl)cc1. The molecular formula is C14H9Cl3N2O2. The Kier molecular flexibility index (Phi) is 5.07. The Labute approximate surface area is 136 Å². The van der Waals surface area contributed by atoms with Gasteiger partial charge in [-0.25, -0.2) is 0 Å². The van der Waals surface area contributed by atoms with E-state index in [2.05, 4.69) is 10.9 Å². The zero-order valence-corrected chi connectivity index (χ0v) is 12.8. The van der Waals surface area contributed by atoms with Crippen molar-refractivity contribution in [2.75, 3.05) is 0 Å². The molecule has 4 nitrogen and oxygen atoms in total. The summed E-state index contributed by atoms with van der Waals surface area (Å²) in [5.41, 5.74) is 5.17. The summed E-state index contributed by atoms with van der Waals surface area (Å²) in [5.74, 6) is -0.991. The smallest absolute Gasteiger partial charge is 0.267 e. The van der Waals surface area contributed by atoms with Gasteiger partial charge >= 0.3 is 0 Å². The van der Waals surface area contributed by atoms with E-state index in [0.29, 0.717) is 20.6 Å². The normalized spacial score (nSPS) is 10.0. The fourth-order valence-electron chi connectivity index (χ4n) is 1.54. The van der Waals surface area contributed by atoms with Gasteiger partial charge in [0.15, 0.2) is 0 Å². The van der Waals surface area contributed by atoms with E-state index in [9.17, 15) is 9.59 Å². The molecule has 7 heteroatoms. The Morgan fingerprint density at radius 1 is 0.667 bits per heavy atom. The van der Waals surface area contributed by atoms with Crippen molar-refractivity contribution < 1.29 is 9.59 Å². The monoisotopic (exact) mass is 342 g/mol. The van der Waals surface area contributed by atoms with Crippen LogP contribution in [-0.4, -0.2) is 11.8 Å². The van der Waals surface area contributed by atoms with Gasteiger partial charge in [-0.2, -0.15) is 0 Å². The molecule has 0 bridgehead atoms. The van der Waals surface area contributed by atoms with E-state index in [1.165, 1.54) is 18.2 Å². The highest BCUT2D eigenvalue weighted by Gasteiger charge is 2.10. The van der Waals surface area contributed by atoms with Gasteiger partial charge in [-0.05, 0) is 42.5 Å². The van der Waals surface area contributed by atoms with Crippen molar-refractivity contribution in [1.82, 2.24) is 10.9 Å². The highest BCUT2D eigenvalue weighted by Crippen LogP contribution is 2.18. The van der Waals surface area contributed by atoms with Gasteiger partial charge in [0.2, 0.25) is 0 Å². The van der Waals surface area contributed by atoms with Crippen LogP contribution in [0, 0.1) is 0 Å². The maximum absolute atomic E-state index is 11.9. The highest BCUT2D eigenvalue weighted by atomic mass is 35.5. The summed E-state index contributed by atoms with van der Waals surface area (Å²) in [6, 6.07) is 10.6. The van der Waals surface area contributed by atoms with Crippen molar-refractivity contribution in [3.63, 3.8) is 0 Å². The third-order valence-corrected chi connectivity index (χ3v) is 3.21. The van der Waals surface area contributed by atoms with Crippen molar-refractivity contribution in [1.29, 1.82) is 0 Å². The van der Waals surface area contributed by atoms with Crippen molar-refractivity contribution >= 4 is 46.6 Å². The van der Waals surface area contributed by atoms with Crippen molar-refractivity contribution in [3.05, 3.63) is 68.7 Å². The first-order valence-corrected chi connectivity index (χ1v) is 6.91. The molecule has 21 heavy (non-hydrogen) atoms. The van der Waals surface area contributed by atoms with Crippen LogP contribution in [0.1, 0.15) is 20.7 Å². The third kappa shape index (κ3) is 4.36. The molecule has 0 saturated heterocycles. The summed E-state index contributed by atoms with van der Waals surface area (Å²) in [4.78, 5) is 23.7. The van der Waals surface area contributed by atoms with Crippen molar-refractivity contribution in [3.8, 4) is 0 Å². The van der Waals surface area contributed by atoms with Gasteiger partial charge in [-0.15, -0.1) is 0 Å². The fourth-order valence-corrected chi connectivity index (χ4v) is 2.20. The highest BCUT2D eigenvalue weighted by molar-refractivity contribution is 6.35. The molecule has 0 unspecified atom stereocenters. The molecule has 2 N–H and O–H groups in total. The van der Waals surface area contributed by atoms with Crippen LogP contribution in [0.15, 0.2) is 42.5 Å². The van der Waals surface area contributed by atoms with Crippen LogP contribution in [0.4, 0.5) is 0 Å². The minimum absolute atomic E-state index is 0.240. The second-order valence-corrected chi connectivity index (χ2v) is 5.38. The van der Waals surface area contributed by atoms with Gasteiger partial charge in [0.25, 0.3) is 11.8 Å². The number of benzene rings is 2. The van der Waals surface area contributed by atoms with Crippen LogP contribution in [0.2, 0.25) is 15.1 Å². The molecule has 0 spiro atoms. The van der Waals surface area contributed by atoms with E-state index in [4.69, 9.17) is 34.8 Å². The molecule has 0 saturated carbocycles. The number of hydrogen-bond acceptors (Lipinski definition) is 2. The Balaban J connectivity index is 2.00. The number of carbonyl (C=O) groups excluding carboxylic acids is 2. The number of halogens is 3. The molecule has 108 valence electrons. The van der Waals surface area contributed by atoms with Crippen LogP contribution in [0.5, 0.6) is 0 Å². The van der Waals surface area contributed by atoms with E-state index in [1.54, 1.807) is 24.3 Å². The van der Waals surface area contributed by atoms with Crippen LogP contribution in [0.25, 0.3) is 0 Å². The standard InChI is InChI=1S/C14H9Cl3N2O2/c15-10-3-1-8(2-4-10)13(20)18-19-14(21)9-5-11(16)7-12(17)6-9/h1-7H,(H,18,20)(H,19,21). The topological polar surface area (TPSA) is 58.2 Å². The van der Waals surface area contributed by atoms with Gasteiger partial charge in [0, 0.05) is 26.2 Å². The summed E-state index contributed by atoms with van der Waals surface area (Å²) in [6.45, 7) is 0. The lowest BCUT2D eigenvalue weighted by atomic mass is 10.2. The minimum atomic E-state index is -0.526. The van der Waals surface area contributed by atoms with Crippen LogP contribution in [0.3, 0.4) is 0 Å². The molecule has 0 aliphatic rings. The van der Waals surface area contributed by atoms with Crippen molar-refractivity contribution in [2.24, 2.45) is 0 Å². The summed E-state index contributed by atoms with van der Waals surface area (Å²) in [7, 11) is 0. The Morgan fingerprint density at radius 2 is 1.14 bits per heavy atom. The van der Waals surface area contributed by atoms with Gasteiger partial charge in [0.1, 0.15) is 0 Å². The first kappa shape index (κ1) is 15.6. The summed E-state index contributed by atoms with van der Waals surface area (Å²) in [6.07, 6.45) is 0. The second kappa shape index (κ2) is 6.80. The first-order chi connectivity index (χ1) is 9.95. The number of rotatable bonds is 2. The number of amides is 2. The molecule has 2 aromatic carbocycles. The Bertz CT molecular complexity index is 667. The number of carbonyl (C=O) groups is 2. The molecule has 0 atom stereocenters. The predicted octanol–water partition coefficient (Wildman–Crippen LogP) is 3.72. The predicted molar refractivity (Wildman–Crippen MR) is 82.8 cm³/mol. The lowest BCUT2D eigenvalue weighted by molar-refractivity contribution is 0.0846. The van der Waals surface area contributed by atoms with Gasteiger partial charge in [-0.3, -0.25) is 20.4 Å².